The predicted octanol–water partition coefficient (Wildman–Crippen LogP) is 20.2. The van der Waals surface area contributed by atoms with Gasteiger partial charge in [0.25, 0.3) is 0 Å². The molecule has 0 saturated carbocycles. The van der Waals surface area contributed by atoms with Gasteiger partial charge in [-0.1, -0.05) is 221 Å². The number of thioether (sulfide) groups is 12. The number of rotatable bonds is 12. The van der Waals surface area contributed by atoms with E-state index in [2.05, 4.69) is 110 Å². The summed E-state index contributed by atoms with van der Waals surface area (Å²) in [6, 6.07) is 0. The predicted molar refractivity (Wildman–Crippen MR) is 286 cm³/mol. The summed E-state index contributed by atoms with van der Waals surface area (Å²) in [5, 5.41) is 0. The molecule has 306 valence electrons. The highest BCUT2D eigenvalue weighted by atomic mass is 32.2. The van der Waals surface area contributed by atoms with E-state index in [1.54, 1.807) is 70.6 Å². The number of hydrogen-bond acceptors (Lipinski definition) is 12. The number of allylic oxidation sites excluding steroid dienone is 6. The molecule has 0 bridgehead atoms. The summed E-state index contributed by atoms with van der Waals surface area (Å²) in [5.74, 6) is 0. The van der Waals surface area contributed by atoms with Crippen molar-refractivity contribution in [2.24, 2.45) is 0 Å². The molecule has 12 heteroatoms. The van der Waals surface area contributed by atoms with E-state index in [0.717, 1.165) is 106 Å². The van der Waals surface area contributed by atoms with Crippen LogP contribution in [0.15, 0.2) is 153 Å². The molecule has 7 aliphatic rings. The Hall–Kier alpha value is -0.780. The summed E-state index contributed by atoms with van der Waals surface area (Å²) in [4.78, 5) is 14.9. The third-order valence-electron chi connectivity index (χ3n) is 8.62. The second kappa shape index (κ2) is 23.9. The highest BCUT2D eigenvalue weighted by Gasteiger charge is 2.32. The Kier molecular flexibility index (Phi) is 18.8. The zero-order chi connectivity index (χ0) is 41.8. The van der Waals surface area contributed by atoms with Gasteiger partial charge < -0.3 is 0 Å². The Bertz CT molecular complexity index is 2170. The van der Waals surface area contributed by atoms with Gasteiger partial charge in [0.05, 0.1) is 54.9 Å². The minimum atomic E-state index is 0.952. The normalized spacial score (nSPS) is 19.9. The molecule has 0 N–H and O–H groups in total. The van der Waals surface area contributed by atoms with Crippen molar-refractivity contribution in [3.8, 4) is 0 Å². The zero-order valence-electron chi connectivity index (χ0n) is 34.4. The van der Waals surface area contributed by atoms with Crippen LogP contribution in [0.1, 0.15) is 119 Å². The fourth-order valence-corrected chi connectivity index (χ4v) is 22.9. The van der Waals surface area contributed by atoms with Gasteiger partial charge in [-0.25, -0.2) is 0 Å². The average molecular weight is 1000 g/mol. The standard InChI is InChI=1S/C48H42S12/c1-7-19-31-32(20-8-2)50-43(49-31)46-55-37-25-13-15-27-39-41(59-47(57-39)44-51-33(21-9-3)34(52-44)22-10-4)29-17-18-30-42-40(28-16-14-26-38(37)56-46)58-48(60-42)45-53-35(23-11-5)36(54-45)24-12-6/h7-12,19-24H2,1-6H3. The molecule has 0 spiro atoms. The van der Waals surface area contributed by atoms with Crippen LogP contribution < -0.4 is 0 Å². The quantitative estimate of drug-likeness (QED) is 0.171. The van der Waals surface area contributed by atoms with Crippen LogP contribution in [0.3, 0.4) is 0 Å². The van der Waals surface area contributed by atoms with Gasteiger partial charge in [-0.15, -0.1) is 0 Å². The first-order chi connectivity index (χ1) is 29.4. The van der Waals surface area contributed by atoms with Gasteiger partial charge in [0, 0.05) is 29.4 Å². The lowest BCUT2D eigenvalue weighted by atomic mass is 10.2. The van der Waals surface area contributed by atoms with Crippen LogP contribution in [0.2, 0.25) is 0 Å². The molecule has 60 heavy (non-hydrogen) atoms. The van der Waals surface area contributed by atoms with Crippen molar-refractivity contribution in [1.29, 1.82) is 0 Å². The van der Waals surface area contributed by atoms with Gasteiger partial charge in [-0.3, -0.25) is 0 Å². The van der Waals surface area contributed by atoms with Crippen molar-refractivity contribution in [3.63, 3.8) is 0 Å². The lowest BCUT2D eigenvalue weighted by molar-refractivity contribution is 0.905. The van der Waals surface area contributed by atoms with Gasteiger partial charge in [-0.2, -0.15) is 0 Å². The van der Waals surface area contributed by atoms with Crippen LogP contribution in [0.4, 0.5) is 0 Å². The minimum Gasteiger partial charge on any atom is -0.0846 e. The van der Waals surface area contributed by atoms with E-state index < -0.39 is 0 Å². The monoisotopic (exact) mass is 1000 g/mol. The Labute approximate surface area is 408 Å². The molecule has 6 heterocycles. The SMILES string of the molecule is CCCC1=C(CCC)SC(=C2SC3=C=C=C=C=C4SC(=C5SC(CCC)=C(CCC)S5)SC4=C=C=C=C=C4SC(=C5SC(CCC)=C(CCC)S5)SC4=C=C=C=C=C3S2)S1. The molecular formula is C48H42S12. The van der Waals surface area contributed by atoms with Crippen molar-refractivity contribution < 1.29 is 0 Å². The Morgan fingerprint density at radius 1 is 0.233 bits per heavy atom. The summed E-state index contributed by atoms with van der Waals surface area (Å²) >= 11 is 22.1. The Morgan fingerprint density at radius 3 is 0.533 bits per heavy atom. The first-order valence-corrected chi connectivity index (χ1v) is 30.1. The second-order valence-electron chi connectivity index (χ2n) is 13.5. The molecule has 6 aliphatic heterocycles. The molecule has 1 aliphatic carbocycles. The number of fused-ring (bicyclic) bond motifs is 3. The Morgan fingerprint density at radius 2 is 0.383 bits per heavy atom. The van der Waals surface area contributed by atoms with Gasteiger partial charge in [0.1, 0.15) is 0 Å². The average Bonchev–Trinajstić information content (AvgIpc) is 4.10. The van der Waals surface area contributed by atoms with Gasteiger partial charge in [0.2, 0.25) is 0 Å². The molecule has 0 unspecified atom stereocenters. The Balaban J connectivity index is 1.37. The first kappa shape index (κ1) is 47.2. The van der Waals surface area contributed by atoms with E-state index in [-0.39, 0.29) is 0 Å². The van der Waals surface area contributed by atoms with Crippen LogP contribution in [0.5, 0.6) is 0 Å². The summed E-state index contributed by atoms with van der Waals surface area (Å²) < 4.78 is 7.85. The summed E-state index contributed by atoms with van der Waals surface area (Å²) in [5.41, 5.74) is 39.8. The van der Waals surface area contributed by atoms with E-state index in [1.165, 1.54) is 54.9 Å². The third kappa shape index (κ3) is 12.1. The molecular weight excluding hydrogens is 961 g/mol. The van der Waals surface area contributed by atoms with E-state index in [0.29, 0.717) is 0 Å². The topological polar surface area (TPSA) is 0 Å². The van der Waals surface area contributed by atoms with Crippen LogP contribution in [0, 0.1) is 0 Å². The molecule has 7 rings (SSSR count). The molecule has 0 atom stereocenters. The van der Waals surface area contributed by atoms with E-state index in [1.807, 2.05) is 70.6 Å². The van der Waals surface area contributed by atoms with Crippen molar-refractivity contribution in [2.45, 2.75) is 119 Å². The maximum Gasteiger partial charge on any atom is 0.0862 e. The first-order valence-electron chi connectivity index (χ1n) is 20.3. The highest BCUT2D eigenvalue weighted by molar-refractivity contribution is 8.36. The second-order valence-corrected chi connectivity index (χ2v) is 27.8. The zero-order valence-corrected chi connectivity index (χ0v) is 44.2. The maximum atomic E-state index is 3.42. The number of hydrogen-bond donors (Lipinski definition) is 0. The summed E-state index contributed by atoms with van der Waals surface area (Å²) in [6.45, 7) is 13.6. The van der Waals surface area contributed by atoms with Crippen LogP contribution in [-0.2, 0) is 0 Å². The molecule has 0 nitrogen and oxygen atoms in total. The molecule has 0 amide bonds. The van der Waals surface area contributed by atoms with Crippen molar-refractivity contribution >= 4 is 141 Å². The lowest BCUT2D eigenvalue weighted by Crippen LogP contribution is -1.78. The van der Waals surface area contributed by atoms with Crippen molar-refractivity contribution in [1.82, 2.24) is 0 Å². The summed E-state index contributed by atoms with van der Waals surface area (Å²) in [6.07, 6.45) is 13.7. The van der Waals surface area contributed by atoms with E-state index in [9.17, 15) is 0 Å². The minimum absolute atomic E-state index is 0.952. The molecule has 3 fully saturated rings. The summed E-state index contributed by atoms with van der Waals surface area (Å²) in [7, 11) is 0. The molecule has 0 aromatic carbocycles. The van der Waals surface area contributed by atoms with Crippen molar-refractivity contribution in [3.05, 3.63) is 153 Å². The van der Waals surface area contributed by atoms with Crippen LogP contribution in [-0.4, -0.2) is 0 Å². The maximum absolute atomic E-state index is 3.42. The molecule has 0 aromatic rings. The lowest BCUT2D eigenvalue weighted by Gasteiger charge is -2.00. The fraction of sp³-hybridized carbons (Fsp3) is 0.375. The van der Waals surface area contributed by atoms with Gasteiger partial charge >= 0.3 is 0 Å². The largest absolute Gasteiger partial charge is 0.0862 e. The smallest absolute Gasteiger partial charge is 0.0846 e. The van der Waals surface area contributed by atoms with Crippen LogP contribution >= 0.6 is 141 Å². The molecule has 3 saturated heterocycles. The molecule has 0 radical (unpaired) electrons. The van der Waals surface area contributed by atoms with E-state index >= 15 is 0 Å². The van der Waals surface area contributed by atoms with Gasteiger partial charge in [0.15, 0.2) is 0 Å². The highest BCUT2D eigenvalue weighted by Crippen LogP contribution is 2.65. The third-order valence-corrected chi connectivity index (χ3v) is 25.9. The molecule has 0 aromatic heterocycles. The van der Waals surface area contributed by atoms with Crippen LogP contribution in [0.25, 0.3) is 0 Å². The van der Waals surface area contributed by atoms with Crippen molar-refractivity contribution in [2.75, 3.05) is 0 Å². The fourth-order valence-electron chi connectivity index (χ4n) is 6.00. The van der Waals surface area contributed by atoms with E-state index in [4.69, 9.17) is 0 Å². The van der Waals surface area contributed by atoms with Gasteiger partial charge in [-0.05, 0) is 107 Å².